The van der Waals surface area contributed by atoms with Gasteiger partial charge in [0.2, 0.25) is 10.0 Å². The molecule has 1 aromatic heterocycles. The second-order valence-corrected chi connectivity index (χ2v) is 10.2. The molecule has 1 aliphatic rings. The number of aliphatic imine (C=N–C) groups is 1. The fourth-order valence-corrected chi connectivity index (χ4v) is 4.65. The summed E-state index contributed by atoms with van der Waals surface area (Å²) in [6.45, 7) is 6.40. The van der Waals surface area contributed by atoms with E-state index in [1.165, 1.54) is 4.88 Å². The van der Waals surface area contributed by atoms with E-state index < -0.39 is 10.0 Å². The first kappa shape index (κ1) is 22.1. The third-order valence-electron chi connectivity index (χ3n) is 4.58. The van der Waals surface area contributed by atoms with Crippen LogP contribution in [0, 0.1) is 0 Å². The van der Waals surface area contributed by atoms with E-state index in [0.717, 1.165) is 25.9 Å². The van der Waals surface area contributed by atoms with E-state index in [1.807, 2.05) is 6.07 Å². The Labute approximate surface area is 167 Å². The van der Waals surface area contributed by atoms with Crippen LogP contribution < -0.4 is 15.4 Å². The smallest absolute Gasteiger partial charge is 0.213 e. The molecule has 0 aliphatic carbocycles. The van der Waals surface area contributed by atoms with Crippen molar-refractivity contribution < 1.29 is 13.2 Å². The second kappa shape index (κ2) is 10.4. The molecule has 1 aromatic rings. The molecular formula is C18H32N4O3S2. The molecule has 1 fully saturated rings. The lowest BCUT2D eigenvalue weighted by atomic mass is 9.91. The minimum absolute atomic E-state index is 0.00426. The molecule has 0 aromatic carbocycles. The Hall–Kier alpha value is -1.16. The fourth-order valence-electron chi connectivity index (χ4n) is 2.84. The lowest BCUT2D eigenvalue weighted by molar-refractivity contribution is 0.0200. The molecule has 1 unspecified atom stereocenters. The molecule has 0 radical (unpaired) electrons. The van der Waals surface area contributed by atoms with Crippen molar-refractivity contribution in [2.45, 2.75) is 44.6 Å². The number of ether oxygens (including phenoxy) is 1. The average molecular weight is 417 g/mol. The van der Waals surface area contributed by atoms with Crippen molar-refractivity contribution in [2.75, 3.05) is 39.0 Å². The topological polar surface area (TPSA) is 91.8 Å². The maximum Gasteiger partial charge on any atom is 0.213 e. The third-order valence-corrected chi connectivity index (χ3v) is 7.16. The molecule has 1 atom stereocenters. The summed E-state index contributed by atoms with van der Waals surface area (Å²) in [4.78, 5) is 5.47. The van der Waals surface area contributed by atoms with Gasteiger partial charge in [-0.25, -0.2) is 13.1 Å². The zero-order valence-corrected chi connectivity index (χ0v) is 18.1. The number of hydrogen-bond donors (Lipinski definition) is 3. The third kappa shape index (κ3) is 7.77. The first-order valence-electron chi connectivity index (χ1n) is 9.40. The van der Waals surface area contributed by atoms with Crippen molar-refractivity contribution in [3.8, 4) is 0 Å². The highest BCUT2D eigenvalue weighted by atomic mass is 32.2. The number of guanidine groups is 1. The highest BCUT2D eigenvalue weighted by Crippen LogP contribution is 2.26. The summed E-state index contributed by atoms with van der Waals surface area (Å²) in [6, 6.07) is 4.17. The Balaban J connectivity index is 1.70. The molecule has 2 rings (SSSR count). The van der Waals surface area contributed by atoms with Gasteiger partial charge in [-0.3, -0.25) is 4.99 Å². The molecule has 154 valence electrons. The van der Waals surface area contributed by atoms with Crippen LogP contribution in [0.5, 0.6) is 0 Å². The minimum atomic E-state index is -3.34. The van der Waals surface area contributed by atoms with E-state index in [4.69, 9.17) is 4.74 Å². The van der Waals surface area contributed by atoms with E-state index in [9.17, 15) is 8.42 Å². The normalized spacial score (nSPS) is 19.1. The summed E-state index contributed by atoms with van der Waals surface area (Å²) in [5, 5.41) is 8.42. The Morgan fingerprint density at radius 3 is 2.81 bits per heavy atom. The van der Waals surface area contributed by atoms with E-state index >= 15 is 0 Å². The minimum Gasteiger partial charge on any atom is -0.377 e. The van der Waals surface area contributed by atoms with E-state index in [0.29, 0.717) is 25.6 Å². The molecule has 0 amide bonds. The van der Waals surface area contributed by atoms with Crippen molar-refractivity contribution in [3.05, 3.63) is 22.4 Å². The zero-order chi connectivity index (χ0) is 19.8. The van der Waals surface area contributed by atoms with Gasteiger partial charge in [0.05, 0.1) is 11.9 Å². The first-order chi connectivity index (χ1) is 12.8. The Morgan fingerprint density at radius 1 is 1.37 bits per heavy atom. The molecular weight excluding hydrogens is 384 g/mol. The molecule has 0 bridgehead atoms. The van der Waals surface area contributed by atoms with Crippen LogP contribution in [0.4, 0.5) is 0 Å². The summed E-state index contributed by atoms with van der Waals surface area (Å²) in [5.74, 6) is 0.597. The lowest BCUT2D eigenvalue weighted by Crippen LogP contribution is -2.45. The molecule has 2 heterocycles. The quantitative estimate of drug-likeness (QED) is 0.421. The molecule has 3 N–H and O–H groups in total. The molecule has 9 heteroatoms. The van der Waals surface area contributed by atoms with Crippen LogP contribution in [0.25, 0.3) is 0 Å². The number of rotatable bonds is 9. The zero-order valence-electron chi connectivity index (χ0n) is 16.5. The van der Waals surface area contributed by atoms with Crippen molar-refractivity contribution in [2.24, 2.45) is 4.99 Å². The van der Waals surface area contributed by atoms with E-state index in [2.05, 4.69) is 45.6 Å². The highest BCUT2D eigenvalue weighted by Gasteiger charge is 2.22. The van der Waals surface area contributed by atoms with Crippen LogP contribution in [0.1, 0.15) is 38.0 Å². The number of hydrogen-bond acceptors (Lipinski definition) is 5. The summed E-state index contributed by atoms with van der Waals surface area (Å²) >= 11 is 1.73. The van der Waals surface area contributed by atoms with E-state index in [1.54, 1.807) is 18.4 Å². The van der Waals surface area contributed by atoms with Crippen LogP contribution in [-0.4, -0.2) is 59.5 Å². The van der Waals surface area contributed by atoms with Crippen LogP contribution in [-0.2, 0) is 20.2 Å². The molecule has 1 saturated heterocycles. The van der Waals surface area contributed by atoms with Crippen LogP contribution >= 0.6 is 11.3 Å². The van der Waals surface area contributed by atoms with Crippen LogP contribution in [0.2, 0.25) is 0 Å². The van der Waals surface area contributed by atoms with Gasteiger partial charge in [-0.05, 0) is 30.7 Å². The fraction of sp³-hybridized carbons (Fsp3) is 0.722. The van der Waals surface area contributed by atoms with Gasteiger partial charge in [-0.15, -0.1) is 11.3 Å². The second-order valence-electron chi connectivity index (χ2n) is 7.37. The van der Waals surface area contributed by atoms with E-state index in [-0.39, 0.29) is 17.3 Å². The summed E-state index contributed by atoms with van der Waals surface area (Å²) in [7, 11) is -1.66. The average Bonchev–Trinajstić information content (AvgIpc) is 3.19. The predicted octanol–water partition coefficient (Wildman–Crippen LogP) is 1.68. The molecule has 27 heavy (non-hydrogen) atoms. The van der Waals surface area contributed by atoms with Crippen LogP contribution in [0.15, 0.2) is 22.5 Å². The summed E-state index contributed by atoms with van der Waals surface area (Å²) < 4.78 is 32.5. The summed E-state index contributed by atoms with van der Waals surface area (Å²) in [6.07, 6.45) is 3.06. The number of sulfonamides is 1. The number of nitrogens with zero attached hydrogens (tertiary/aromatic N) is 1. The lowest BCUT2D eigenvalue weighted by Gasteiger charge is -2.25. The Bertz CT molecular complexity index is 681. The maximum atomic E-state index is 12.2. The van der Waals surface area contributed by atoms with Gasteiger partial charge >= 0.3 is 0 Å². The molecule has 1 aliphatic heterocycles. The van der Waals surface area contributed by atoms with Gasteiger partial charge in [0.15, 0.2) is 5.96 Å². The van der Waals surface area contributed by atoms with Gasteiger partial charge in [0.25, 0.3) is 0 Å². The predicted molar refractivity (Wildman–Crippen MR) is 112 cm³/mol. The van der Waals surface area contributed by atoms with Crippen molar-refractivity contribution >= 4 is 27.3 Å². The van der Waals surface area contributed by atoms with Crippen molar-refractivity contribution in [1.29, 1.82) is 0 Å². The van der Waals surface area contributed by atoms with Gasteiger partial charge in [0, 0.05) is 43.6 Å². The monoisotopic (exact) mass is 416 g/mol. The molecule has 0 spiro atoms. The SMILES string of the molecule is CN=C(NCCS(=O)(=O)NCC1CCCCO1)NCC(C)(C)c1cccs1. The molecule has 0 saturated carbocycles. The largest absolute Gasteiger partial charge is 0.377 e. The first-order valence-corrected chi connectivity index (χ1v) is 11.9. The maximum absolute atomic E-state index is 12.2. The van der Waals surface area contributed by atoms with Crippen molar-refractivity contribution in [3.63, 3.8) is 0 Å². The van der Waals surface area contributed by atoms with Gasteiger partial charge < -0.3 is 15.4 Å². The van der Waals surface area contributed by atoms with Gasteiger partial charge in [-0.1, -0.05) is 19.9 Å². The van der Waals surface area contributed by atoms with Crippen molar-refractivity contribution in [1.82, 2.24) is 15.4 Å². The Morgan fingerprint density at radius 2 is 2.19 bits per heavy atom. The number of thiophene rings is 1. The standard InChI is InChI=1S/C18H32N4O3S2/c1-18(2,16-8-6-11-26-16)14-21-17(19-3)20-9-12-27(23,24)22-13-15-7-4-5-10-25-15/h6,8,11,15,22H,4-5,7,9-10,12-14H2,1-3H3,(H2,19,20,21). The Kier molecular flexibility index (Phi) is 8.53. The van der Waals surface area contributed by atoms with Gasteiger partial charge in [-0.2, -0.15) is 0 Å². The highest BCUT2D eigenvalue weighted by molar-refractivity contribution is 7.89. The number of nitrogens with one attached hydrogen (secondary N) is 3. The molecule has 7 nitrogen and oxygen atoms in total. The van der Waals surface area contributed by atoms with Gasteiger partial charge in [0.1, 0.15) is 0 Å². The summed E-state index contributed by atoms with van der Waals surface area (Å²) in [5.41, 5.74) is -0.0284. The van der Waals surface area contributed by atoms with Crippen LogP contribution in [0.3, 0.4) is 0 Å².